The molecular weight excluding hydrogens is 436 g/mol. The Labute approximate surface area is 189 Å². The summed E-state index contributed by atoms with van der Waals surface area (Å²) in [6, 6.07) is 4.65. The maximum Gasteiger partial charge on any atom is 0.409 e. The minimum atomic E-state index is -3.71. The lowest BCUT2D eigenvalue weighted by molar-refractivity contribution is -0.117. The first-order valence-electron chi connectivity index (χ1n) is 11.0. The van der Waals surface area contributed by atoms with Gasteiger partial charge in [0.15, 0.2) is 0 Å². The highest BCUT2D eigenvalue weighted by Crippen LogP contribution is 2.31. The second-order valence-electron chi connectivity index (χ2n) is 7.84. The Balaban J connectivity index is 1.62. The second-order valence-corrected chi connectivity index (χ2v) is 9.75. The van der Waals surface area contributed by atoms with Crippen LogP contribution in [0.2, 0.25) is 0 Å². The van der Waals surface area contributed by atoms with Crippen LogP contribution in [-0.2, 0) is 19.6 Å². The first-order chi connectivity index (χ1) is 15.3. The lowest BCUT2D eigenvalue weighted by Gasteiger charge is -2.33. The predicted octanol–water partition coefficient (Wildman–Crippen LogP) is 1.58. The summed E-state index contributed by atoms with van der Waals surface area (Å²) in [6.07, 6.45) is 2.35. The van der Waals surface area contributed by atoms with E-state index in [1.807, 2.05) is 4.90 Å². The van der Waals surface area contributed by atoms with Crippen LogP contribution in [-0.4, -0.2) is 94.1 Å². The van der Waals surface area contributed by atoms with Gasteiger partial charge in [0.2, 0.25) is 15.9 Å². The van der Waals surface area contributed by atoms with Gasteiger partial charge in [-0.2, -0.15) is 4.31 Å². The smallest absolute Gasteiger partial charge is 0.409 e. The Hall–Kier alpha value is -2.37. The average Bonchev–Trinajstić information content (AvgIpc) is 2.80. The summed E-state index contributed by atoms with van der Waals surface area (Å²) in [7, 11) is -2.28. The Kier molecular flexibility index (Phi) is 8.32. The summed E-state index contributed by atoms with van der Waals surface area (Å²) in [5.41, 5.74) is 0.400. The normalized spacial score (nSPS) is 18.2. The molecule has 0 radical (unpaired) electrons. The van der Waals surface area contributed by atoms with Crippen LogP contribution in [0.1, 0.15) is 26.2 Å². The van der Waals surface area contributed by atoms with Crippen LogP contribution in [0.4, 0.5) is 10.5 Å². The second kappa shape index (κ2) is 11.0. The zero-order valence-corrected chi connectivity index (χ0v) is 19.5. The summed E-state index contributed by atoms with van der Waals surface area (Å²) >= 11 is 0. The van der Waals surface area contributed by atoms with Gasteiger partial charge < -0.3 is 19.7 Å². The van der Waals surface area contributed by atoms with Gasteiger partial charge in [-0.3, -0.25) is 9.69 Å². The molecule has 1 aromatic carbocycles. The topological polar surface area (TPSA) is 108 Å². The van der Waals surface area contributed by atoms with E-state index in [0.717, 1.165) is 19.3 Å². The van der Waals surface area contributed by atoms with E-state index >= 15 is 0 Å². The minimum Gasteiger partial charge on any atom is -0.495 e. The number of carbonyl (C=O) groups is 2. The van der Waals surface area contributed by atoms with Gasteiger partial charge in [-0.05, 0) is 38.0 Å². The van der Waals surface area contributed by atoms with Crippen molar-refractivity contribution in [2.45, 2.75) is 31.1 Å². The van der Waals surface area contributed by atoms with Crippen molar-refractivity contribution in [3.8, 4) is 5.75 Å². The zero-order valence-electron chi connectivity index (χ0n) is 18.7. The van der Waals surface area contributed by atoms with Gasteiger partial charge >= 0.3 is 6.09 Å². The third-order valence-corrected chi connectivity index (χ3v) is 7.57. The van der Waals surface area contributed by atoms with Crippen molar-refractivity contribution in [1.82, 2.24) is 14.1 Å². The highest BCUT2D eigenvalue weighted by Gasteiger charge is 2.29. The third-order valence-electron chi connectivity index (χ3n) is 5.65. The number of piperazine rings is 1. The fourth-order valence-corrected chi connectivity index (χ4v) is 5.61. The molecule has 11 heteroatoms. The van der Waals surface area contributed by atoms with Gasteiger partial charge in [-0.1, -0.05) is 6.42 Å². The van der Waals surface area contributed by atoms with Crippen molar-refractivity contribution in [2.75, 3.05) is 64.8 Å². The van der Waals surface area contributed by atoms with E-state index in [-0.39, 0.29) is 29.2 Å². The van der Waals surface area contributed by atoms with E-state index < -0.39 is 10.0 Å². The van der Waals surface area contributed by atoms with Crippen molar-refractivity contribution in [3.63, 3.8) is 0 Å². The molecular formula is C21H32N4O6S. The number of amides is 2. The SMILES string of the molecule is CCOC(=O)N1CCN(CC(=O)Nc2ccc(OC)c(S(=O)(=O)N3CCCCC3)c2)CC1. The average molecular weight is 469 g/mol. The van der Waals surface area contributed by atoms with Crippen LogP contribution in [0, 0.1) is 0 Å². The quantitative estimate of drug-likeness (QED) is 0.647. The number of piperidine rings is 1. The number of anilines is 1. The molecule has 0 aliphatic carbocycles. The molecule has 2 aliphatic rings. The zero-order chi connectivity index (χ0) is 23.1. The maximum atomic E-state index is 13.1. The number of hydrogen-bond donors (Lipinski definition) is 1. The highest BCUT2D eigenvalue weighted by atomic mass is 32.2. The van der Waals surface area contributed by atoms with Gasteiger partial charge in [-0.15, -0.1) is 0 Å². The van der Waals surface area contributed by atoms with E-state index in [9.17, 15) is 18.0 Å². The van der Waals surface area contributed by atoms with Crippen LogP contribution in [0.25, 0.3) is 0 Å². The molecule has 1 N–H and O–H groups in total. The molecule has 32 heavy (non-hydrogen) atoms. The molecule has 2 fully saturated rings. The molecule has 2 amide bonds. The summed E-state index contributed by atoms with van der Waals surface area (Å²) < 4.78 is 38.0. The largest absolute Gasteiger partial charge is 0.495 e. The minimum absolute atomic E-state index is 0.0581. The van der Waals surface area contributed by atoms with Gasteiger partial charge in [0, 0.05) is 45.0 Å². The molecule has 0 atom stereocenters. The standard InChI is InChI=1S/C21H32N4O6S/c1-3-31-21(27)24-13-11-23(12-14-24)16-20(26)22-17-7-8-18(30-2)19(15-17)32(28,29)25-9-5-4-6-10-25/h7-8,15H,3-6,9-14,16H2,1-2H3,(H,22,26). The van der Waals surface area contributed by atoms with E-state index in [4.69, 9.17) is 9.47 Å². The van der Waals surface area contributed by atoms with E-state index in [2.05, 4.69) is 5.32 Å². The molecule has 3 rings (SSSR count). The molecule has 2 aliphatic heterocycles. The Morgan fingerprint density at radius 1 is 1.03 bits per heavy atom. The summed E-state index contributed by atoms with van der Waals surface area (Å²) in [6.45, 7) is 5.32. The van der Waals surface area contributed by atoms with Crippen molar-refractivity contribution in [2.24, 2.45) is 0 Å². The van der Waals surface area contributed by atoms with E-state index in [1.54, 1.807) is 24.0 Å². The fourth-order valence-electron chi connectivity index (χ4n) is 3.91. The monoisotopic (exact) mass is 468 g/mol. The van der Waals surface area contributed by atoms with Crippen molar-refractivity contribution < 1.29 is 27.5 Å². The number of hydrogen-bond acceptors (Lipinski definition) is 7. The van der Waals surface area contributed by atoms with Crippen LogP contribution in [0.3, 0.4) is 0 Å². The maximum absolute atomic E-state index is 13.1. The molecule has 178 valence electrons. The van der Waals surface area contributed by atoms with Crippen LogP contribution in [0.15, 0.2) is 23.1 Å². The lowest BCUT2D eigenvalue weighted by Crippen LogP contribution is -2.50. The third kappa shape index (κ3) is 5.90. The molecule has 0 spiro atoms. The number of nitrogens with zero attached hydrogens (tertiary/aromatic N) is 3. The lowest BCUT2D eigenvalue weighted by atomic mass is 10.2. The first kappa shape index (κ1) is 24.3. The molecule has 2 saturated heterocycles. The Bertz CT molecular complexity index is 909. The number of rotatable bonds is 7. The molecule has 0 unspecified atom stereocenters. The fraction of sp³-hybridized carbons (Fsp3) is 0.619. The van der Waals surface area contributed by atoms with Gasteiger partial charge in [-0.25, -0.2) is 13.2 Å². The number of sulfonamides is 1. The summed E-state index contributed by atoms with van der Waals surface area (Å²) in [4.78, 5) is 28.0. The molecule has 10 nitrogen and oxygen atoms in total. The van der Waals surface area contributed by atoms with E-state index in [1.165, 1.54) is 17.5 Å². The van der Waals surface area contributed by atoms with E-state index in [0.29, 0.717) is 51.6 Å². The molecule has 2 heterocycles. The highest BCUT2D eigenvalue weighted by molar-refractivity contribution is 7.89. The van der Waals surface area contributed by atoms with Gasteiger partial charge in [0.05, 0.1) is 20.3 Å². The number of nitrogens with one attached hydrogen (secondary N) is 1. The Morgan fingerprint density at radius 2 is 1.72 bits per heavy atom. The molecule has 0 saturated carbocycles. The molecule has 0 bridgehead atoms. The first-order valence-corrected chi connectivity index (χ1v) is 12.4. The Morgan fingerprint density at radius 3 is 2.34 bits per heavy atom. The molecule has 0 aromatic heterocycles. The van der Waals surface area contributed by atoms with Crippen LogP contribution in [0.5, 0.6) is 5.75 Å². The van der Waals surface area contributed by atoms with Crippen molar-refractivity contribution in [3.05, 3.63) is 18.2 Å². The van der Waals surface area contributed by atoms with Crippen molar-refractivity contribution >= 4 is 27.7 Å². The predicted molar refractivity (Wildman–Crippen MR) is 119 cm³/mol. The summed E-state index contributed by atoms with van der Waals surface area (Å²) in [5.74, 6) is 0.00438. The van der Waals surface area contributed by atoms with Gasteiger partial charge in [0.25, 0.3) is 0 Å². The van der Waals surface area contributed by atoms with Crippen molar-refractivity contribution in [1.29, 1.82) is 0 Å². The number of benzene rings is 1. The number of methoxy groups -OCH3 is 1. The number of ether oxygens (including phenoxy) is 2. The number of carbonyl (C=O) groups excluding carboxylic acids is 2. The van der Waals surface area contributed by atoms with Crippen LogP contribution >= 0.6 is 0 Å². The molecule has 1 aromatic rings. The van der Waals surface area contributed by atoms with Crippen LogP contribution < -0.4 is 10.1 Å². The summed E-state index contributed by atoms with van der Waals surface area (Å²) in [5, 5.41) is 2.79. The van der Waals surface area contributed by atoms with Gasteiger partial charge in [0.1, 0.15) is 10.6 Å².